The largest absolute Gasteiger partial charge is 0.448 e. The van der Waals surface area contributed by atoms with E-state index in [4.69, 9.17) is 16.0 Å². The van der Waals surface area contributed by atoms with Crippen molar-refractivity contribution in [3.63, 3.8) is 0 Å². The fourth-order valence-electron chi connectivity index (χ4n) is 0.962. The highest BCUT2D eigenvalue weighted by Crippen LogP contribution is 2.27. The van der Waals surface area contributed by atoms with E-state index in [0.29, 0.717) is 10.4 Å². The lowest BCUT2D eigenvalue weighted by Gasteiger charge is -1.98. The molecule has 0 amide bonds. The van der Waals surface area contributed by atoms with Crippen molar-refractivity contribution in [3.05, 3.63) is 34.1 Å². The number of aromatic nitrogens is 2. The van der Waals surface area contributed by atoms with Gasteiger partial charge < -0.3 is 4.42 Å². The molecule has 0 aliphatic heterocycles. The second-order valence-corrected chi connectivity index (χ2v) is 3.57. The van der Waals surface area contributed by atoms with E-state index in [1.54, 1.807) is 12.1 Å². The van der Waals surface area contributed by atoms with Crippen LogP contribution in [0.25, 0.3) is 11.5 Å². The van der Waals surface area contributed by atoms with Crippen molar-refractivity contribution >= 4 is 27.5 Å². The summed E-state index contributed by atoms with van der Waals surface area (Å²) in [5, 5.41) is -0.220. The van der Waals surface area contributed by atoms with Crippen molar-refractivity contribution in [2.75, 3.05) is 0 Å². The van der Waals surface area contributed by atoms with Gasteiger partial charge in [0.05, 0.1) is 0 Å². The van der Waals surface area contributed by atoms with E-state index in [0.717, 1.165) is 0 Å². The van der Waals surface area contributed by atoms with E-state index in [2.05, 4.69) is 25.9 Å². The molecule has 0 saturated carbocycles. The highest BCUT2D eigenvalue weighted by Gasteiger charge is 2.14. The van der Waals surface area contributed by atoms with E-state index in [1.807, 2.05) is 0 Å². The molecule has 6 heteroatoms. The van der Waals surface area contributed by atoms with Gasteiger partial charge in [-0.25, -0.2) is 14.4 Å². The first kappa shape index (κ1) is 9.61. The van der Waals surface area contributed by atoms with Crippen molar-refractivity contribution in [1.82, 2.24) is 9.97 Å². The van der Waals surface area contributed by atoms with E-state index in [-0.39, 0.29) is 10.8 Å². The molecule has 0 unspecified atom stereocenters. The average molecular weight is 277 g/mol. The quantitative estimate of drug-likeness (QED) is 0.751. The molecule has 0 aliphatic rings. The van der Waals surface area contributed by atoms with Gasteiger partial charge in [0, 0.05) is 0 Å². The summed E-state index contributed by atoms with van der Waals surface area (Å²) < 4.78 is 19.0. The van der Waals surface area contributed by atoms with Crippen LogP contribution in [-0.2, 0) is 0 Å². The molecule has 14 heavy (non-hydrogen) atoms. The Labute approximate surface area is 92.1 Å². The zero-order valence-corrected chi connectivity index (χ0v) is 9.01. The summed E-state index contributed by atoms with van der Waals surface area (Å²) in [5.74, 6) is -0.380. The second-order valence-electron chi connectivity index (χ2n) is 2.43. The van der Waals surface area contributed by atoms with Crippen LogP contribution in [-0.4, -0.2) is 9.97 Å². The molecule has 0 bridgehead atoms. The van der Waals surface area contributed by atoms with Crippen molar-refractivity contribution in [1.29, 1.82) is 0 Å². The van der Waals surface area contributed by atoms with E-state index >= 15 is 0 Å². The predicted octanol–water partition coefficient (Wildman–Crippen LogP) is 3.29. The van der Waals surface area contributed by atoms with E-state index in [1.165, 1.54) is 6.33 Å². The molecule has 0 aliphatic carbocycles. The smallest absolute Gasteiger partial charge is 0.189 e. The van der Waals surface area contributed by atoms with Crippen LogP contribution in [0.1, 0.15) is 0 Å². The van der Waals surface area contributed by atoms with E-state index < -0.39 is 5.82 Å². The van der Waals surface area contributed by atoms with Crippen LogP contribution < -0.4 is 0 Å². The SMILES string of the molecule is Fc1c(Cl)ncnc1-c1ccc(Br)o1. The minimum atomic E-state index is -0.684. The Morgan fingerprint density at radius 1 is 1.36 bits per heavy atom. The van der Waals surface area contributed by atoms with Gasteiger partial charge in [0.1, 0.15) is 12.0 Å². The minimum absolute atomic E-state index is 0.0516. The summed E-state index contributed by atoms with van der Waals surface area (Å²) in [6, 6.07) is 3.23. The lowest BCUT2D eigenvalue weighted by Crippen LogP contribution is -1.91. The highest BCUT2D eigenvalue weighted by atomic mass is 79.9. The molecular formula is C8H3BrClFN2O. The molecule has 2 aromatic rings. The predicted molar refractivity (Wildman–Crippen MR) is 52.4 cm³/mol. The van der Waals surface area contributed by atoms with Gasteiger partial charge >= 0.3 is 0 Å². The van der Waals surface area contributed by atoms with Crippen LogP contribution in [0.3, 0.4) is 0 Å². The van der Waals surface area contributed by atoms with Crippen LogP contribution in [0.5, 0.6) is 0 Å². The van der Waals surface area contributed by atoms with Gasteiger partial charge in [-0.2, -0.15) is 0 Å². The average Bonchev–Trinajstić information content (AvgIpc) is 2.57. The Balaban J connectivity index is 2.57. The molecule has 0 aromatic carbocycles. The molecule has 0 N–H and O–H groups in total. The lowest BCUT2D eigenvalue weighted by atomic mass is 10.3. The van der Waals surface area contributed by atoms with Crippen molar-refractivity contribution in [3.8, 4) is 11.5 Å². The number of furan rings is 1. The minimum Gasteiger partial charge on any atom is -0.448 e. The molecule has 0 fully saturated rings. The van der Waals surface area contributed by atoms with Gasteiger partial charge in [0.25, 0.3) is 0 Å². The monoisotopic (exact) mass is 276 g/mol. The molecule has 72 valence electrons. The van der Waals surface area contributed by atoms with Crippen LogP contribution in [0.4, 0.5) is 4.39 Å². The van der Waals surface area contributed by atoms with Gasteiger partial charge in [-0.3, -0.25) is 0 Å². The van der Waals surface area contributed by atoms with Crippen LogP contribution in [0.15, 0.2) is 27.5 Å². The molecule has 2 heterocycles. The third kappa shape index (κ3) is 1.65. The lowest BCUT2D eigenvalue weighted by molar-refractivity contribution is 0.542. The Morgan fingerprint density at radius 2 is 2.14 bits per heavy atom. The zero-order chi connectivity index (χ0) is 10.1. The normalized spacial score (nSPS) is 10.5. The second kappa shape index (κ2) is 3.67. The Bertz CT molecular complexity index is 474. The number of nitrogens with zero attached hydrogens (tertiary/aromatic N) is 2. The summed E-state index contributed by atoms with van der Waals surface area (Å²) in [7, 11) is 0. The third-order valence-corrected chi connectivity index (χ3v) is 2.24. The maximum Gasteiger partial charge on any atom is 0.189 e. The van der Waals surface area contributed by atoms with Gasteiger partial charge in [-0.1, -0.05) is 11.6 Å². The Kier molecular flexibility index (Phi) is 2.52. The molecule has 0 atom stereocenters. The maximum absolute atomic E-state index is 13.4. The number of hydrogen-bond donors (Lipinski definition) is 0. The fourth-order valence-corrected chi connectivity index (χ4v) is 1.40. The molecule has 2 aromatic heterocycles. The molecule has 2 rings (SSSR count). The van der Waals surface area contributed by atoms with Gasteiger partial charge in [0.15, 0.2) is 21.4 Å². The highest BCUT2D eigenvalue weighted by molar-refractivity contribution is 9.10. The summed E-state index contributed by atoms with van der Waals surface area (Å²) in [5.41, 5.74) is 0.0516. The maximum atomic E-state index is 13.4. The van der Waals surface area contributed by atoms with Gasteiger partial charge in [0.2, 0.25) is 0 Å². The molecule has 0 spiro atoms. The van der Waals surface area contributed by atoms with Crippen LogP contribution >= 0.6 is 27.5 Å². The Hall–Kier alpha value is -0.940. The standard InChI is InChI=1S/C8H3BrClFN2O/c9-5-2-1-4(14-5)7-6(11)8(10)13-3-12-7/h1-3H. The molecule has 0 saturated heterocycles. The number of hydrogen-bond acceptors (Lipinski definition) is 3. The van der Waals surface area contributed by atoms with Crippen LogP contribution in [0.2, 0.25) is 5.15 Å². The number of halogens is 3. The van der Waals surface area contributed by atoms with Gasteiger partial charge in [-0.15, -0.1) is 0 Å². The number of rotatable bonds is 1. The summed E-state index contributed by atoms with van der Waals surface area (Å²) in [4.78, 5) is 7.24. The van der Waals surface area contributed by atoms with Crippen LogP contribution in [0, 0.1) is 5.82 Å². The third-order valence-electron chi connectivity index (χ3n) is 1.55. The first-order valence-corrected chi connectivity index (χ1v) is 4.77. The fraction of sp³-hybridized carbons (Fsp3) is 0. The van der Waals surface area contributed by atoms with Crippen molar-refractivity contribution < 1.29 is 8.81 Å². The van der Waals surface area contributed by atoms with Gasteiger partial charge in [-0.05, 0) is 28.1 Å². The van der Waals surface area contributed by atoms with E-state index in [9.17, 15) is 4.39 Å². The molecular weight excluding hydrogens is 274 g/mol. The molecule has 0 radical (unpaired) electrons. The topological polar surface area (TPSA) is 38.9 Å². The summed E-state index contributed by atoms with van der Waals surface area (Å²) in [6.07, 6.45) is 1.18. The summed E-state index contributed by atoms with van der Waals surface area (Å²) in [6.45, 7) is 0. The molecule has 3 nitrogen and oxygen atoms in total. The first-order valence-electron chi connectivity index (χ1n) is 3.60. The van der Waals surface area contributed by atoms with Crippen molar-refractivity contribution in [2.24, 2.45) is 0 Å². The Morgan fingerprint density at radius 3 is 2.79 bits per heavy atom. The zero-order valence-electron chi connectivity index (χ0n) is 6.67. The van der Waals surface area contributed by atoms with Crippen molar-refractivity contribution in [2.45, 2.75) is 0 Å². The first-order chi connectivity index (χ1) is 6.68. The summed E-state index contributed by atoms with van der Waals surface area (Å²) >= 11 is 8.60.